The van der Waals surface area contributed by atoms with Crippen LogP contribution in [0, 0.1) is 0 Å². The Morgan fingerprint density at radius 1 is 1.25 bits per heavy atom. The van der Waals surface area contributed by atoms with E-state index < -0.39 is 24.0 Å². The molecule has 2 rings (SSSR count). The molecule has 6 heteroatoms. The lowest BCUT2D eigenvalue weighted by molar-refractivity contribution is -0.166. The first-order valence-electron chi connectivity index (χ1n) is 7.28. The van der Waals surface area contributed by atoms with Crippen LogP contribution in [-0.4, -0.2) is 40.8 Å². The van der Waals surface area contributed by atoms with Crippen molar-refractivity contribution in [1.82, 2.24) is 10.2 Å². The zero-order valence-corrected chi connectivity index (χ0v) is 12.0. The van der Waals surface area contributed by atoms with Crippen molar-refractivity contribution in [2.75, 3.05) is 6.54 Å². The average molecular weight is 288 g/mol. The fourth-order valence-corrected chi connectivity index (χ4v) is 3.28. The maximum Gasteiger partial charge on any atom is 0.255 e. The molecule has 1 aliphatic heterocycles. The first-order chi connectivity index (χ1) is 9.35. The molecule has 1 aliphatic carbocycles. The molecule has 0 aromatic carbocycles. The molecular formula is C14H22F2N2O2. The highest BCUT2D eigenvalue weighted by Gasteiger charge is 2.56. The van der Waals surface area contributed by atoms with E-state index in [1.807, 2.05) is 0 Å². The maximum atomic E-state index is 12.8. The van der Waals surface area contributed by atoms with E-state index in [1.165, 1.54) is 0 Å². The number of halogens is 2. The van der Waals surface area contributed by atoms with Gasteiger partial charge in [0.25, 0.3) is 6.43 Å². The van der Waals surface area contributed by atoms with Crippen LogP contribution in [0.1, 0.15) is 52.4 Å². The van der Waals surface area contributed by atoms with Crippen LogP contribution >= 0.6 is 0 Å². The molecule has 1 saturated carbocycles. The van der Waals surface area contributed by atoms with Gasteiger partial charge in [0.15, 0.2) is 0 Å². The van der Waals surface area contributed by atoms with Gasteiger partial charge >= 0.3 is 0 Å². The van der Waals surface area contributed by atoms with Crippen molar-refractivity contribution in [3.63, 3.8) is 0 Å². The van der Waals surface area contributed by atoms with Crippen molar-refractivity contribution >= 4 is 11.8 Å². The Morgan fingerprint density at radius 2 is 1.85 bits per heavy atom. The third kappa shape index (κ3) is 2.29. The van der Waals surface area contributed by atoms with Gasteiger partial charge in [-0.05, 0) is 26.2 Å². The van der Waals surface area contributed by atoms with Gasteiger partial charge < -0.3 is 10.2 Å². The zero-order valence-electron chi connectivity index (χ0n) is 12.0. The van der Waals surface area contributed by atoms with E-state index in [9.17, 15) is 18.4 Å². The minimum Gasteiger partial charge on any atom is -0.340 e. The van der Waals surface area contributed by atoms with E-state index in [1.54, 1.807) is 13.8 Å². The first-order valence-corrected chi connectivity index (χ1v) is 7.28. The van der Waals surface area contributed by atoms with Crippen LogP contribution in [0.25, 0.3) is 0 Å². The molecule has 2 fully saturated rings. The average Bonchev–Trinajstić information content (AvgIpc) is 2.42. The Bertz CT molecular complexity index is 408. The topological polar surface area (TPSA) is 49.4 Å². The third-order valence-electron chi connectivity index (χ3n) is 4.81. The number of alkyl halides is 2. The van der Waals surface area contributed by atoms with Gasteiger partial charge in [-0.3, -0.25) is 9.59 Å². The van der Waals surface area contributed by atoms with E-state index in [4.69, 9.17) is 0 Å². The summed E-state index contributed by atoms with van der Waals surface area (Å²) in [6.07, 6.45) is 1.51. The van der Waals surface area contributed by atoms with Crippen molar-refractivity contribution < 1.29 is 18.4 Å². The van der Waals surface area contributed by atoms with Crippen molar-refractivity contribution in [2.45, 2.75) is 69.9 Å². The zero-order chi connectivity index (χ0) is 15.0. The van der Waals surface area contributed by atoms with Crippen LogP contribution in [0.4, 0.5) is 8.78 Å². The standard InChI is InChI=1S/C14H22F2N2O2/c1-3-13(2)11(19)17-14(7-5-4-6-8-14)12(20)18(13)9-10(15)16/h10H,3-9H2,1-2H3,(H,17,19). The summed E-state index contributed by atoms with van der Waals surface area (Å²) in [6, 6.07) is 0. The van der Waals surface area contributed by atoms with Crippen LogP contribution in [0.5, 0.6) is 0 Å². The molecule has 1 atom stereocenters. The Morgan fingerprint density at radius 3 is 2.35 bits per heavy atom. The maximum absolute atomic E-state index is 12.8. The lowest BCUT2D eigenvalue weighted by atomic mass is 9.76. The van der Waals surface area contributed by atoms with Crippen LogP contribution in [0.3, 0.4) is 0 Å². The highest BCUT2D eigenvalue weighted by molar-refractivity contribution is 6.02. The quantitative estimate of drug-likeness (QED) is 0.864. The number of rotatable bonds is 3. The van der Waals surface area contributed by atoms with E-state index in [0.29, 0.717) is 19.3 Å². The minimum atomic E-state index is -2.63. The summed E-state index contributed by atoms with van der Waals surface area (Å²) in [5.74, 6) is -0.636. The van der Waals surface area contributed by atoms with Gasteiger partial charge in [-0.1, -0.05) is 26.2 Å². The van der Waals surface area contributed by atoms with E-state index >= 15 is 0 Å². The van der Waals surface area contributed by atoms with Crippen molar-refractivity contribution in [2.24, 2.45) is 0 Å². The normalized spacial score (nSPS) is 29.9. The molecule has 1 saturated heterocycles. The van der Waals surface area contributed by atoms with Gasteiger partial charge in [-0.15, -0.1) is 0 Å². The number of carbonyl (C=O) groups is 2. The smallest absolute Gasteiger partial charge is 0.255 e. The van der Waals surface area contributed by atoms with Crippen molar-refractivity contribution in [3.8, 4) is 0 Å². The molecule has 1 spiro atoms. The molecule has 114 valence electrons. The summed E-state index contributed by atoms with van der Waals surface area (Å²) in [5.41, 5.74) is -2.12. The molecule has 4 nitrogen and oxygen atoms in total. The molecule has 20 heavy (non-hydrogen) atoms. The molecule has 1 N–H and O–H groups in total. The van der Waals surface area contributed by atoms with Crippen LogP contribution in [0.15, 0.2) is 0 Å². The predicted molar refractivity (Wildman–Crippen MR) is 70.4 cm³/mol. The molecular weight excluding hydrogens is 266 g/mol. The molecule has 0 aromatic heterocycles. The summed E-state index contributed by atoms with van der Waals surface area (Å²) >= 11 is 0. The van der Waals surface area contributed by atoms with Gasteiger partial charge in [-0.2, -0.15) is 0 Å². The second kappa shape index (κ2) is 5.30. The number of piperazine rings is 1. The van der Waals surface area contributed by atoms with E-state index in [0.717, 1.165) is 24.2 Å². The number of nitrogens with one attached hydrogen (secondary N) is 1. The number of hydrogen-bond donors (Lipinski definition) is 1. The van der Waals surface area contributed by atoms with Gasteiger partial charge in [0.1, 0.15) is 11.1 Å². The fraction of sp³-hybridized carbons (Fsp3) is 0.857. The van der Waals surface area contributed by atoms with Crippen LogP contribution in [-0.2, 0) is 9.59 Å². The summed E-state index contributed by atoms with van der Waals surface area (Å²) in [5, 5.41) is 2.85. The lowest BCUT2D eigenvalue weighted by Gasteiger charge is -2.52. The third-order valence-corrected chi connectivity index (χ3v) is 4.81. The van der Waals surface area contributed by atoms with Gasteiger partial charge in [0, 0.05) is 0 Å². The number of hydrogen-bond acceptors (Lipinski definition) is 2. The second-order valence-corrected chi connectivity index (χ2v) is 6.03. The Balaban J connectivity index is 2.35. The second-order valence-electron chi connectivity index (χ2n) is 6.03. The summed E-state index contributed by atoms with van der Waals surface area (Å²) in [7, 11) is 0. The van der Waals surface area contributed by atoms with Gasteiger partial charge in [0.2, 0.25) is 11.8 Å². The molecule has 2 aliphatic rings. The molecule has 0 bridgehead atoms. The summed E-state index contributed by atoms with van der Waals surface area (Å²) in [6.45, 7) is 2.64. The monoisotopic (exact) mass is 288 g/mol. The molecule has 2 amide bonds. The first kappa shape index (κ1) is 15.2. The largest absolute Gasteiger partial charge is 0.340 e. The highest BCUT2D eigenvalue weighted by atomic mass is 19.3. The summed E-state index contributed by atoms with van der Waals surface area (Å²) < 4.78 is 25.7. The van der Waals surface area contributed by atoms with Crippen molar-refractivity contribution in [3.05, 3.63) is 0 Å². The lowest BCUT2D eigenvalue weighted by Crippen LogP contribution is -2.75. The van der Waals surface area contributed by atoms with E-state index in [2.05, 4.69) is 5.32 Å². The Hall–Kier alpha value is -1.20. The SMILES string of the molecule is CCC1(C)C(=O)NC2(CCCCC2)C(=O)N1CC(F)F. The number of carbonyl (C=O) groups excluding carboxylic acids is 2. The minimum absolute atomic E-state index is 0.304. The predicted octanol–water partition coefficient (Wildman–Crippen LogP) is 2.08. The molecule has 1 unspecified atom stereocenters. The number of nitrogens with zero attached hydrogens (tertiary/aromatic N) is 1. The fourth-order valence-electron chi connectivity index (χ4n) is 3.28. The van der Waals surface area contributed by atoms with E-state index in [-0.39, 0.29) is 11.8 Å². The van der Waals surface area contributed by atoms with Gasteiger partial charge in [-0.25, -0.2) is 8.78 Å². The van der Waals surface area contributed by atoms with Crippen molar-refractivity contribution in [1.29, 1.82) is 0 Å². The molecule has 0 radical (unpaired) electrons. The highest BCUT2D eigenvalue weighted by Crippen LogP contribution is 2.37. The summed E-state index contributed by atoms with van der Waals surface area (Å²) in [4.78, 5) is 26.3. The Kier molecular flexibility index (Phi) is 4.02. The number of amides is 2. The van der Waals surface area contributed by atoms with Gasteiger partial charge in [0.05, 0.1) is 6.54 Å². The van der Waals surface area contributed by atoms with Crippen LogP contribution in [0.2, 0.25) is 0 Å². The molecule has 0 aromatic rings. The molecule has 1 heterocycles. The Labute approximate surface area is 117 Å². The van der Waals surface area contributed by atoms with Crippen LogP contribution < -0.4 is 5.32 Å².